The number of carbonyl (C=O) groups is 1. The van der Waals surface area contributed by atoms with Gasteiger partial charge in [-0.05, 0) is 26.0 Å². The van der Waals surface area contributed by atoms with Crippen LogP contribution in [0.3, 0.4) is 0 Å². The normalized spacial score (nSPS) is 13.2. The fourth-order valence-electron chi connectivity index (χ4n) is 2.46. The molecule has 1 atom stereocenters. The van der Waals surface area contributed by atoms with E-state index in [-0.39, 0.29) is 16.9 Å². The van der Waals surface area contributed by atoms with Gasteiger partial charge in [0, 0.05) is 10.9 Å². The molecule has 1 aromatic carbocycles. The Morgan fingerprint density at radius 3 is 2.30 bits per heavy atom. The highest BCUT2D eigenvalue weighted by atomic mass is 16.4. The van der Waals surface area contributed by atoms with Crippen LogP contribution in [0.1, 0.15) is 23.1 Å². The number of benzene rings is 1. The molecule has 2 heterocycles. The number of phenolic OH excluding ortho intramolecular Hbond substituents is 1. The van der Waals surface area contributed by atoms with E-state index in [1.54, 1.807) is 26.0 Å². The van der Waals surface area contributed by atoms with Crippen LogP contribution in [0.5, 0.6) is 5.75 Å². The van der Waals surface area contributed by atoms with Crippen LogP contribution in [0.2, 0.25) is 0 Å². The Hall–Kier alpha value is -2.47. The summed E-state index contributed by atoms with van der Waals surface area (Å²) in [6.07, 6.45) is 0. The van der Waals surface area contributed by atoms with E-state index >= 15 is 0 Å². The highest BCUT2D eigenvalue weighted by Gasteiger charge is 2.27. The third-order valence-corrected chi connectivity index (χ3v) is 3.29. The summed E-state index contributed by atoms with van der Waals surface area (Å²) in [5.74, 6) is -0.135. The molecule has 0 radical (unpaired) electrons. The van der Waals surface area contributed by atoms with E-state index in [2.05, 4.69) is 0 Å². The van der Waals surface area contributed by atoms with Gasteiger partial charge in [-0.3, -0.25) is 4.79 Å². The van der Waals surface area contributed by atoms with E-state index in [4.69, 9.17) is 14.6 Å². The molecule has 0 amide bonds. The largest absolute Gasteiger partial charge is 0.504 e. The first-order valence-electron chi connectivity index (χ1n) is 6.03. The van der Waals surface area contributed by atoms with Crippen LogP contribution >= 0.6 is 0 Å². The molecule has 6 heteroatoms. The van der Waals surface area contributed by atoms with Crippen LogP contribution in [-0.4, -0.2) is 16.2 Å². The van der Waals surface area contributed by atoms with Gasteiger partial charge in [0.1, 0.15) is 23.1 Å². The van der Waals surface area contributed by atoms with E-state index in [1.165, 1.54) is 0 Å². The maximum Gasteiger partial charge on any atom is 0.325 e. The van der Waals surface area contributed by atoms with Crippen LogP contribution in [0.4, 0.5) is 0 Å². The van der Waals surface area contributed by atoms with Gasteiger partial charge < -0.3 is 24.8 Å². The zero-order chi connectivity index (χ0) is 14.6. The van der Waals surface area contributed by atoms with Gasteiger partial charge in [-0.1, -0.05) is 0 Å². The molecular formula is C14H13NO5. The zero-order valence-corrected chi connectivity index (χ0v) is 10.9. The molecular weight excluding hydrogens is 262 g/mol. The lowest BCUT2D eigenvalue weighted by atomic mass is 10.00. The number of aromatic hydroxyl groups is 1. The summed E-state index contributed by atoms with van der Waals surface area (Å²) in [6, 6.07) is 2.01. The molecule has 20 heavy (non-hydrogen) atoms. The van der Waals surface area contributed by atoms with E-state index < -0.39 is 12.0 Å². The van der Waals surface area contributed by atoms with Crippen molar-refractivity contribution in [1.82, 2.24) is 0 Å². The third-order valence-electron chi connectivity index (χ3n) is 3.29. The molecule has 4 N–H and O–H groups in total. The van der Waals surface area contributed by atoms with Crippen LogP contribution in [0.25, 0.3) is 21.9 Å². The molecule has 3 aromatic rings. The number of furan rings is 2. The molecule has 0 fully saturated rings. The van der Waals surface area contributed by atoms with Gasteiger partial charge in [0.05, 0.1) is 5.39 Å². The van der Waals surface area contributed by atoms with E-state index in [0.29, 0.717) is 27.9 Å². The Morgan fingerprint density at radius 2 is 1.70 bits per heavy atom. The standard InChI is InChI=1S/C14H13NO5/c1-5-3-7-9(10(15)14(17)18)12-8(4-6(2)19-12)11(16)13(7)20-5/h3-4,10,16H,15H2,1-2H3,(H,17,18). The van der Waals surface area contributed by atoms with Crippen molar-refractivity contribution in [1.29, 1.82) is 0 Å². The van der Waals surface area contributed by atoms with Crippen LogP contribution in [0.15, 0.2) is 21.0 Å². The maximum absolute atomic E-state index is 11.2. The second-order valence-electron chi connectivity index (χ2n) is 4.78. The van der Waals surface area contributed by atoms with Gasteiger partial charge >= 0.3 is 5.97 Å². The molecule has 2 aromatic heterocycles. The Kier molecular flexibility index (Phi) is 2.52. The van der Waals surface area contributed by atoms with Crippen LogP contribution in [-0.2, 0) is 4.79 Å². The highest BCUT2D eigenvalue weighted by Crippen LogP contribution is 2.42. The number of hydrogen-bond acceptors (Lipinski definition) is 5. The first-order chi connectivity index (χ1) is 9.40. The molecule has 3 rings (SSSR count). The maximum atomic E-state index is 11.2. The minimum absolute atomic E-state index is 0.0683. The number of carboxylic acid groups (broad SMARTS) is 1. The first kappa shape index (κ1) is 12.6. The van der Waals surface area contributed by atoms with Gasteiger partial charge in [-0.25, -0.2) is 0 Å². The van der Waals surface area contributed by atoms with Gasteiger partial charge in [-0.15, -0.1) is 0 Å². The lowest BCUT2D eigenvalue weighted by molar-refractivity contribution is -0.138. The summed E-state index contributed by atoms with van der Waals surface area (Å²) < 4.78 is 11.0. The van der Waals surface area contributed by atoms with Crippen molar-refractivity contribution in [2.45, 2.75) is 19.9 Å². The molecule has 0 saturated carbocycles. The lowest BCUT2D eigenvalue weighted by Gasteiger charge is -2.09. The Morgan fingerprint density at radius 1 is 1.15 bits per heavy atom. The Balaban J connectivity index is 2.54. The lowest BCUT2D eigenvalue weighted by Crippen LogP contribution is -2.21. The zero-order valence-electron chi connectivity index (χ0n) is 10.9. The second-order valence-corrected chi connectivity index (χ2v) is 4.78. The van der Waals surface area contributed by atoms with Crippen molar-refractivity contribution in [2.24, 2.45) is 5.73 Å². The van der Waals surface area contributed by atoms with Crippen LogP contribution < -0.4 is 5.73 Å². The quantitative estimate of drug-likeness (QED) is 0.663. The van der Waals surface area contributed by atoms with Gasteiger partial charge in [-0.2, -0.15) is 0 Å². The van der Waals surface area contributed by atoms with E-state index in [9.17, 15) is 15.0 Å². The highest BCUT2D eigenvalue weighted by molar-refractivity contribution is 6.06. The monoisotopic (exact) mass is 275 g/mol. The molecule has 0 saturated heterocycles. The van der Waals surface area contributed by atoms with Crippen molar-refractivity contribution >= 4 is 27.9 Å². The number of fused-ring (bicyclic) bond motifs is 2. The van der Waals surface area contributed by atoms with Gasteiger partial charge in [0.15, 0.2) is 11.3 Å². The fourth-order valence-corrected chi connectivity index (χ4v) is 2.46. The molecule has 0 aliphatic heterocycles. The minimum Gasteiger partial charge on any atom is -0.504 e. The average Bonchev–Trinajstić information content (AvgIpc) is 2.92. The molecule has 1 unspecified atom stereocenters. The van der Waals surface area contributed by atoms with Crippen molar-refractivity contribution in [3.8, 4) is 5.75 Å². The summed E-state index contributed by atoms with van der Waals surface area (Å²) in [4.78, 5) is 11.2. The Bertz CT molecular complexity index is 785. The molecule has 0 bridgehead atoms. The number of phenols is 1. The number of aryl methyl sites for hydroxylation is 2. The fraction of sp³-hybridized carbons (Fsp3) is 0.214. The predicted octanol–water partition coefficient (Wildman–Crippen LogP) is 2.59. The molecule has 104 valence electrons. The third kappa shape index (κ3) is 1.58. The van der Waals surface area contributed by atoms with Crippen LogP contribution in [0, 0.1) is 13.8 Å². The second kappa shape index (κ2) is 4.01. The number of hydrogen-bond donors (Lipinski definition) is 3. The van der Waals surface area contributed by atoms with E-state index in [1.807, 2.05) is 0 Å². The molecule has 0 aliphatic carbocycles. The minimum atomic E-state index is -1.26. The molecule has 0 spiro atoms. The van der Waals surface area contributed by atoms with Gasteiger partial charge in [0.2, 0.25) is 0 Å². The molecule has 6 nitrogen and oxygen atoms in total. The topological polar surface area (TPSA) is 110 Å². The van der Waals surface area contributed by atoms with Crippen molar-refractivity contribution in [3.63, 3.8) is 0 Å². The summed E-state index contributed by atoms with van der Waals surface area (Å²) in [6.45, 7) is 3.42. The van der Waals surface area contributed by atoms with E-state index in [0.717, 1.165) is 0 Å². The molecule has 0 aliphatic rings. The SMILES string of the molecule is Cc1cc2c(C(N)C(=O)O)c3oc(C)cc3c(O)c2o1. The summed E-state index contributed by atoms with van der Waals surface area (Å²) >= 11 is 0. The summed E-state index contributed by atoms with van der Waals surface area (Å²) in [5, 5.41) is 20.3. The smallest absolute Gasteiger partial charge is 0.325 e. The number of aliphatic carboxylic acids is 1. The summed E-state index contributed by atoms with van der Waals surface area (Å²) in [7, 11) is 0. The number of carboxylic acids is 1. The number of nitrogens with two attached hydrogens (primary N) is 1. The van der Waals surface area contributed by atoms with Crippen molar-refractivity contribution in [2.75, 3.05) is 0 Å². The predicted molar refractivity (Wildman–Crippen MR) is 71.7 cm³/mol. The van der Waals surface area contributed by atoms with Crippen molar-refractivity contribution in [3.05, 3.63) is 29.2 Å². The summed E-state index contributed by atoms with van der Waals surface area (Å²) in [5.41, 5.74) is 6.57. The van der Waals surface area contributed by atoms with Crippen molar-refractivity contribution < 1.29 is 23.8 Å². The average molecular weight is 275 g/mol. The van der Waals surface area contributed by atoms with Gasteiger partial charge in [0.25, 0.3) is 0 Å². The first-order valence-corrected chi connectivity index (χ1v) is 6.03. The number of rotatable bonds is 2. The Labute approximate surface area is 113 Å².